The Bertz CT molecular complexity index is 402. The minimum Gasteiger partial charge on any atom is -0.390 e. The molecular weight excluding hydrogens is 243 g/mol. The van der Waals surface area contributed by atoms with Gasteiger partial charge in [-0.15, -0.1) is 0 Å². The topological polar surface area (TPSA) is 29.5 Å². The number of ether oxygens (including phenoxy) is 1. The van der Waals surface area contributed by atoms with Crippen LogP contribution in [0.1, 0.15) is 25.3 Å². The number of aliphatic hydroxyl groups excluding tert-OH is 1. The van der Waals surface area contributed by atoms with Crippen LogP contribution >= 0.6 is 11.6 Å². The molecule has 2 rings (SSSR count). The molecule has 1 aromatic carbocycles. The van der Waals surface area contributed by atoms with Crippen molar-refractivity contribution in [2.24, 2.45) is 0 Å². The van der Waals surface area contributed by atoms with E-state index in [1.165, 1.54) is 12.1 Å². The van der Waals surface area contributed by atoms with Crippen molar-refractivity contribution in [3.63, 3.8) is 0 Å². The van der Waals surface area contributed by atoms with Crippen molar-refractivity contribution < 1.29 is 14.2 Å². The van der Waals surface area contributed by atoms with Gasteiger partial charge in [-0.2, -0.15) is 0 Å². The highest BCUT2D eigenvalue weighted by atomic mass is 35.5. The van der Waals surface area contributed by atoms with Crippen LogP contribution < -0.4 is 0 Å². The first-order chi connectivity index (χ1) is 8.01. The number of hydrogen-bond acceptors (Lipinski definition) is 2. The normalized spacial score (nSPS) is 26.1. The van der Waals surface area contributed by atoms with Gasteiger partial charge in [-0.25, -0.2) is 4.39 Å². The maximum atomic E-state index is 13.5. The number of hydrogen-bond donors (Lipinski definition) is 1. The molecule has 0 saturated carbocycles. The van der Waals surface area contributed by atoms with Gasteiger partial charge in [0.25, 0.3) is 0 Å². The third-order valence-corrected chi connectivity index (χ3v) is 3.61. The van der Waals surface area contributed by atoms with Crippen LogP contribution in [0, 0.1) is 5.82 Å². The summed E-state index contributed by atoms with van der Waals surface area (Å²) in [6.45, 7) is 2.53. The van der Waals surface area contributed by atoms with E-state index in [4.69, 9.17) is 16.3 Å². The summed E-state index contributed by atoms with van der Waals surface area (Å²) in [5, 5.41) is 10.6. The van der Waals surface area contributed by atoms with Gasteiger partial charge in [-0.3, -0.25) is 0 Å². The molecule has 94 valence electrons. The van der Waals surface area contributed by atoms with Gasteiger partial charge < -0.3 is 9.84 Å². The van der Waals surface area contributed by atoms with Crippen molar-refractivity contribution in [3.8, 4) is 0 Å². The Morgan fingerprint density at radius 1 is 1.59 bits per heavy atom. The second-order valence-corrected chi connectivity index (χ2v) is 5.16. The Labute approximate surface area is 105 Å². The molecule has 0 aromatic heterocycles. The minimum absolute atomic E-state index is 0.225. The molecule has 0 amide bonds. The van der Waals surface area contributed by atoms with Gasteiger partial charge in [0, 0.05) is 18.1 Å². The number of aliphatic hydroxyl groups is 1. The van der Waals surface area contributed by atoms with Crippen LogP contribution in [0.15, 0.2) is 18.2 Å². The summed E-state index contributed by atoms with van der Waals surface area (Å²) in [6.07, 6.45) is 1.25. The van der Waals surface area contributed by atoms with Crippen LogP contribution in [0.2, 0.25) is 5.02 Å². The van der Waals surface area contributed by atoms with Gasteiger partial charge in [0.1, 0.15) is 5.82 Å². The molecule has 17 heavy (non-hydrogen) atoms. The van der Waals surface area contributed by atoms with E-state index < -0.39 is 11.7 Å². The molecule has 1 N–H and O–H groups in total. The van der Waals surface area contributed by atoms with E-state index in [1.54, 1.807) is 6.07 Å². The largest absolute Gasteiger partial charge is 0.390 e. The van der Waals surface area contributed by atoms with Crippen molar-refractivity contribution in [1.82, 2.24) is 0 Å². The van der Waals surface area contributed by atoms with Gasteiger partial charge in [0.2, 0.25) is 0 Å². The Balaban J connectivity index is 2.12. The van der Waals surface area contributed by atoms with Crippen LogP contribution in [0.5, 0.6) is 0 Å². The smallest absolute Gasteiger partial charge is 0.126 e. The monoisotopic (exact) mass is 258 g/mol. The molecule has 1 aromatic rings. The van der Waals surface area contributed by atoms with Crippen LogP contribution in [-0.4, -0.2) is 23.4 Å². The quantitative estimate of drug-likeness (QED) is 0.903. The lowest BCUT2D eigenvalue weighted by atomic mass is 9.91. The summed E-state index contributed by atoms with van der Waals surface area (Å²) in [5.41, 5.74) is -0.129. The molecule has 2 unspecified atom stereocenters. The molecule has 0 aliphatic carbocycles. The third kappa shape index (κ3) is 2.79. The highest BCUT2D eigenvalue weighted by Crippen LogP contribution is 2.31. The number of halogens is 2. The maximum absolute atomic E-state index is 13.5. The molecule has 1 fully saturated rings. The summed E-state index contributed by atoms with van der Waals surface area (Å²) >= 11 is 5.82. The number of benzene rings is 1. The zero-order chi connectivity index (χ0) is 12.5. The van der Waals surface area contributed by atoms with E-state index in [0.29, 0.717) is 17.2 Å². The number of rotatable bonds is 3. The van der Waals surface area contributed by atoms with Crippen molar-refractivity contribution in [1.29, 1.82) is 0 Å². The van der Waals surface area contributed by atoms with E-state index in [-0.39, 0.29) is 12.2 Å². The second kappa shape index (κ2) is 4.92. The Morgan fingerprint density at radius 2 is 2.35 bits per heavy atom. The molecule has 0 radical (unpaired) electrons. The van der Waals surface area contributed by atoms with E-state index in [1.807, 2.05) is 6.92 Å². The first-order valence-electron chi connectivity index (χ1n) is 5.77. The summed E-state index contributed by atoms with van der Waals surface area (Å²) in [7, 11) is 0. The van der Waals surface area contributed by atoms with Crippen LogP contribution in [-0.2, 0) is 11.2 Å². The fraction of sp³-hybridized carbons (Fsp3) is 0.538. The summed E-state index contributed by atoms with van der Waals surface area (Å²) < 4.78 is 19.1. The fourth-order valence-electron chi connectivity index (χ4n) is 2.19. The van der Waals surface area contributed by atoms with E-state index in [9.17, 15) is 9.50 Å². The van der Waals surface area contributed by atoms with E-state index in [2.05, 4.69) is 0 Å². The predicted octanol–water partition coefficient (Wildman–Crippen LogP) is 2.95. The van der Waals surface area contributed by atoms with Crippen molar-refractivity contribution in [2.45, 2.75) is 37.9 Å². The molecule has 2 nitrogen and oxygen atoms in total. The summed E-state index contributed by atoms with van der Waals surface area (Å²) in [4.78, 5) is 0. The SMILES string of the molecule is CC1(C(O)Cc2cc(Cl)ccc2F)CCCO1. The lowest BCUT2D eigenvalue weighted by Gasteiger charge is -2.29. The van der Waals surface area contributed by atoms with Crippen molar-refractivity contribution in [3.05, 3.63) is 34.6 Å². The highest BCUT2D eigenvalue weighted by molar-refractivity contribution is 6.30. The second-order valence-electron chi connectivity index (χ2n) is 4.72. The summed E-state index contributed by atoms with van der Waals surface area (Å²) in [5.74, 6) is -0.338. The molecule has 1 aliphatic heterocycles. The molecule has 1 heterocycles. The van der Waals surface area contributed by atoms with Crippen LogP contribution in [0.25, 0.3) is 0 Å². The third-order valence-electron chi connectivity index (χ3n) is 3.38. The zero-order valence-corrected chi connectivity index (χ0v) is 10.5. The zero-order valence-electron chi connectivity index (χ0n) is 9.75. The maximum Gasteiger partial charge on any atom is 0.126 e. The fourth-order valence-corrected chi connectivity index (χ4v) is 2.38. The highest BCUT2D eigenvalue weighted by Gasteiger charge is 2.37. The lowest BCUT2D eigenvalue weighted by molar-refractivity contribution is -0.0770. The lowest BCUT2D eigenvalue weighted by Crippen LogP contribution is -2.40. The average molecular weight is 259 g/mol. The van der Waals surface area contributed by atoms with Gasteiger partial charge >= 0.3 is 0 Å². The first-order valence-corrected chi connectivity index (χ1v) is 6.15. The van der Waals surface area contributed by atoms with Crippen LogP contribution in [0.3, 0.4) is 0 Å². The molecule has 2 atom stereocenters. The molecular formula is C13H16ClFO2. The Kier molecular flexibility index (Phi) is 3.71. The standard InChI is InChI=1S/C13H16ClFO2/c1-13(5-2-6-17-13)12(16)8-9-7-10(14)3-4-11(9)15/h3-4,7,12,16H,2,5-6,8H2,1H3. The van der Waals surface area contributed by atoms with Crippen molar-refractivity contribution in [2.75, 3.05) is 6.61 Å². The molecule has 0 bridgehead atoms. The molecule has 1 aliphatic rings. The van der Waals surface area contributed by atoms with Gasteiger partial charge in [-0.1, -0.05) is 11.6 Å². The Hall–Kier alpha value is -0.640. The van der Waals surface area contributed by atoms with Gasteiger partial charge in [0.05, 0.1) is 11.7 Å². The average Bonchev–Trinajstić information content (AvgIpc) is 2.72. The van der Waals surface area contributed by atoms with Gasteiger partial charge in [0.15, 0.2) is 0 Å². The summed E-state index contributed by atoms with van der Waals surface area (Å²) in [6, 6.07) is 4.38. The van der Waals surface area contributed by atoms with Crippen LogP contribution in [0.4, 0.5) is 4.39 Å². The molecule has 0 spiro atoms. The minimum atomic E-state index is -0.710. The van der Waals surface area contributed by atoms with E-state index in [0.717, 1.165) is 12.8 Å². The van der Waals surface area contributed by atoms with Gasteiger partial charge in [-0.05, 0) is 43.5 Å². The predicted molar refractivity (Wildman–Crippen MR) is 64.7 cm³/mol. The molecule has 4 heteroatoms. The first kappa shape index (κ1) is 12.8. The van der Waals surface area contributed by atoms with E-state index >= 15 is 0 Å². The molecule has 1 saturated heterocycles. The van der Waals surface area contributed by atoms with Crippen molar-refractivity contribution >= 4 is 11.6 Å². The Morgan fingerprint density at radius 3 is 3.00 bits per heavy atom.